The fraction of sp³-hybridized carbons (Fsp3) is 0.240. The van der Waals surface area contributed by atoms with Gasteiger partial charge >= 0.3 is 0 Å². The highest BCUT2D eigenvalue weighted by Crippen LogP contribution is 2.53. The number of anilines is 3. The first-order valence-electron chi connectivity index (χ1n) is 19.8. The number of benzene rings is 4. The minimum atomic E-state index is -2.42. The van der Waals surface area contributed by atoms with Crippen LogP contribution in [0.25, 0.3) is 0 Å². The Balaban J connectivity index is 1.16. The average molecular weight is 707 g/mol. The molecule has 53 heavy (non-hydrogen) atoms. The summed E-state index contributed by atoms with van der Waals surface area (Å²) in [6, 6.07) is 39.3. The number of rotatable bonds is 8. The number of hydrogen-bond donors (Lipinski definition) is 0. The molecular formula is C50H50N2Si. The van der Waals surface area contributed by atoms with Gasteiger partial charge in [-0.1, -0.05) is 149 Å². The zero-order valence-electron chi connectivity index (χ0n) is 31.1. The van der Waals surface area contributed by atoms with Crippen LogP contribution in [0.1, 0.15) is 61.1 Å². The van der Waals surface area contributed by atoms with Crippen LogP contribution >= 0.6 is 0 Å². The lowest BCUT2D eigenvalue weighted by atomic mass is 9.91. The van der Waals surface area contributed by atoms with Crippen molar-refractivity contribution in [2.45, 2.75) is 75.4 Å². The predicted octanol–water partition coefficient (Wildman–Crippen LogP) is 12.4. The second kappa shape index (κ2) is 14.4. The Labute approximate surface area is 317 Å². The molecule has 0 saturated carbocycles. The number of allylic oxidation sites excluding steroid dienone is 11. The molecule has 3 heteroatoms. The van der Waals surface area contributed by atoms with Gasteiger partial charge in [0.2, 0.25) is 0 Å². The van der Waals surface area contributed by atoms with Gasteiger partial charge in [0.05, 0.1) is 6.04 Å². The summed E-state index contributed by atoms with van der Waals surface area (Å²) in [6.45, 7) is 4.34. The molecule has 9 rings (SSSR count). The van der Waals surface area contributed by atoms with Gasteiger partial charge in [-0.2, -0.15) is 0 Å². The molecule has 0 aromatic heterocycles. The number of fused-ring (bicyclic) bond motifs is 3. The Bertz CT molecular complexity index is 2140. The predicted molar refractivity (Wildman–Crippen MR) is 228 cm³/mol. The number of hydrogen-bond acceptors (Lipinski definition) is 2. The molecule has 4 aromatic rings. The molecule has 0 radical (unpaired) electrons. The minimum Gasteiger partial charge on any atom is -0.337 e. The van der Waals surface area contributed by atoms with Crippen LogP contribution in [0.15, 0.2) is 187 Å². The molecule has 5 unspecified atom stereocenters. The first-order valence-corrected chi connectivity index (χ1v) is 21.9. The Morgan fingerprint density at radius 2 is 1.43 bits per heavy atom. The maximum Gasteiger partial charge on any atom is 0.127 e. The summed E-state index contributed by atoms with van der Waals surface area (Å²) < 4.78 is 0. The summed E-state index contributed by atoms with van der Waals surface area (Å²) in [5.74, 6) is 0.338. The third-order valence-corrected chi connectivity index (χ3v) is 18.5. The van der Waals surface area contributed by atoms with E-state index in [0.717, 1.165) is 25.7 Å². The van der Waals surface area contributed by atoms with Gasteiger partial charge in [0.25, 0.3) is 0 Å². The van der Waals surface area contributed by atoms with Crippen molar-refractivity contribution in [2.75, 3.05) is 9.80 Å². The Kier molecular flexibility index (Phi) is 9.13. The molecule has 2 nitrogen and oxygen atoms in total. The summed E-state index contributed by atoms with van der Waals surface area (Å²) in [4.78, 5) is 5.10. The van der Waals surface area contributed by atoms with E-state index in [9.17, 15) is 0 Å². The lowest BCUT2D eigenvalue weighted by Gasteiger charge is -2.48. The molecule has 4 aliphatic carbocycles. The monoisotopic (exact) mass is 706 g/mol. The van der Waals surface area contributed by atoms with Crippen molar-refractivity contribution < 1.29 is 0 Å². The first kappa shape index (κ1) is 33.7. The Morgan fingerprint density at radius 3 is 2.09 bits per heavy atom. The summed E-state index contributed by atoms with van der Waals surface area (Å²) in [5.41, 5.74) is 11.6. The molecule has 0 saturated heterocycles. The lowest BCUT2D eigenvalue weighted by Crippen LogP contribution is -2.58. The highest BCUT2D eigenvalue weighted by atomic mass is 28.3. The van der Waals surface area contributed by atoms with E-state index in [4.69, 9.17) is 0 Å². The maximum atomic E-state index is 2.76. The van der Waals surface area contributed by atoms with Crippen LogP contribution in [0.4, 0.5) is 17.1 Å². The normalized spacial score (nSPS) is 24.1. The van der Waals surface area contributed by atoms with Gasteiger partial charge in [0, 0.05) is 34.4 Å². The van der Waals surface area contributed by atoms with Crippen LogP contribution in [0, 0.1) is 13.8 Å². The van der Waals surface area contributed by atoms with E-state index in [1.165, 1.54) is 58.0 Å². The average Bonchev–Trinajstić information content (AvgIpc) is 3.55. The van der Waals surface area contributed by atoms with Crippen LogP contribution in [0.2, 0.25) is 11.1 Å². The van der Waals surface area contributed by atoms with E-state index in [1.54, 1.807) is 10.4 Å². The van der Waals surface area contributed by atoms with E-state index in [2.05, 4.69) is 194 Å². The zero-order valence-corrected chi connectivity index (χ0v) is 32.1. The number of para-hydroxylation sites is 1. The largest absolute Gasteiger partial charge is 0.337 e. The van der Waals surface area contributed by atoms with E-state index in [0.29, 0.717) is 23.0 Å². The maximum absolute atomic E-state index is 2.76. The molecule has 0 bridgehead atoms. The summed E-state index contributed by atoms with van der Waals surface area (Å²) in [6.07, 6.45) is 34.2. The molecule has 5 atom stereocenters. The minimum absolute atomic E-state index is 0.314. The van der Waals surface area contributed by atoms with E-state index in [-0.39, 0.29) is 0 Å². The van der Waals surface area contributed by atoms with Crippen LogP contribution in [-0.2, 0) is 0 Å². The fourth-order valence-electron chi connectivity index (χ4n) is 9.99. The van der Waals surface area contributed by atoms with Gasteiger partial charge in [-0.25, -0.2) is 0 Å². The standard InChI is InChI=1S/C50H50N2Si/c1-37-22-26-40(27-23-37)51(41-28-24-38(2)25-29-41)42-30-32-45(33-31-42)53(43-16-8-4-9-17-43,44-18-10-5-11-19-44)46-34-35-50-48(36-46)47-20-12-13-21-49(47)52(50)39-14-6-3-7-15-39/h3-6,8-10,12-14,16-17,20-32,34-36,44-45,48,50H,7,11,15,18-19,33H2,1-2H3. The number of nitrogens with zero attached hydrogens (tertiary/aromatic N) is 2. The quantitative estimate of drug-likeness (QED) is 0.133. The molecule has 264 valence electrons. The third kappa shape index (κ3) is 6.05. The Hall–Kier alpha value is -5.12. The van der Waals surface area contributed by atoms with Gasteiger partial charge in [-0.15, -0.1) is 0 Å². The van der Waals surface area contributed by atoms with Crippen molar-refractivity contribution in [3.8, 4) is 0 Å². The molecule has 1 aliphatic heterocycles. The van der Waals surface area contributed by atoms with Crippen molar-refractivity contribution >= 4 is 30.3 Å². The van der Waals surface area contributed by atoms with Gasteiger partial charge in [0.1, 0.15) is 8.07 Å². The summed E-state index contributed by atoms with van der Waals surface area (Å²) in [5, 5.41) is 3.21. The lowest BCUT2D eigenvalue weighted by molar-refractivity contribution is 0.682. The molecule has 5 aliphatic rings. The highest BCUT2D eigenvalue weighted by molar-refractivity contribution is 7.00. The molecule has 0 amide bonds. The fourth-order valence-corrected chi connectivity index (χ4v) is 16.3. The van der Waals surface area contributed by atoms with Crippen molar-refractivity contribution in [3.05, 3.63) is 203 Å². The van der Waals surface area contributed by atoms with E-state index in [1.807, 2.05) is 0 Å². The number of aryl methyl sites for hydroxylation is 2. The molecule has 0 N–H and O–H groups in total. The van der Waals surface area contributed by atoms with Gasteiger partial charge < -0.3 is 9.80 Å². The third-order valence-electron chi connectivity index (χ3n) is 12.5. The first-order chi connectivity index (χ1) is 26.1. The van der Waals surface area contributed by atoms with Crippen LogP contribution in [0.5, 0.6) is 0 Å². The van der Waals surface area contributed by atoms with Gasteiger partial charge in [-0.3, -0.25) is 0 Å². The van der Waals surface area contributed by atoms with Gasteiger partial charge in [-0.05, 0) is 112 Å². The van der Waals surface area contributed by atoms with Crippen molar-refractivity contribution in [1.82, 2.24) is 0 Å². The van der Waals surface area contributed by atoms with E-state index >= 15 is 0 Å². The zero-order chi connectivity index (χ0) is 35.8. The summed E-state index contributed by atoms with van der Waals surface area (Å²) >= 11 is 0. The van der Waals surface area contributed by atoms with Crippen molar-refractivity contribution in [1.29, 1.82) is 0 Å². The van der Waals surface area contributed by atoms with E-state index < -0.39 is 8.07 Å². The molecule has 1 heterocycles. The van der Waals surface area contributed by atoms with Crippen LogP contribution in [-0.4, -0.2) is 14.1 Å². The topological polar surface area (TPSA) is 6.48 Å². The van der Waals surface area contributed by atoms with Crippen LogP contribution < -0.4 is 15.0 Å². The van der Waals surface area contributed by atoms with Crippen LogP contribution in [0.3, 0.4) is 0 Å². The molecule has 4 aromatic carbocycles. The summed E-state index contributed by atoms with van der Waals surface area (Å²) in [7, 11) is -2.42. The SMILES string of the molecule is Cc1ccc(N(C2=CCC([Si](C3=CC4c5ccccc5N(C5=CC=CCC5)C4C=C3)(c3ccccc3)C3CC=CCC3)C=C2)c2ccc(C)cc2)cc1. The van der Waals surface area contributed by atoms with Crippen molar-refractivity contribution in [3.63, 3.8) is 0 Å². The molecular weight excluding hydrogens is 657 g/mol. The Morgan fingerprint density at radius 1 is 0.698 bits per heavy atom. The second-order valence-corrected chi connectivity index (χ2v) is 20.1. The molecule has 0 spiro atoms. The second-order valence-electron chi connectivity index (χ2n) is 15.6. The van der Waals surface area contributed by atoms with Gasteiger partial charge in [0.15, 0.2) is 0 Å². The smallest absolute Gasteiger partial charge is 0.127 e. The molecule has 0 fully saturated rings. The highest BCUT2D eigenvalue weighted by Gasteiger charge is 2.52. The van der Waals surface area contributed by atoms with Crippen molar-refractivity contribution in [2.24, 2.45) is 0 Å².